The molecule has 0 aliphatic carbocycles. The molecular formula is C26H25F3N5O2+. The highest BCUT2D eigenvalue weighted by molar-refractivity contribution is 5.87. The van der Waals surface area contributed by atoms with Crippen molar-refractivity contribution in [1.82, 2.24) is 10.1 Å². The summed E-state index contributed by atoms with van der Waals surface area (Å²) in [5.74, 6) is 1.92. The lowest BCUT2D eigenvalue weighted by molar-refractivity contribution is -0.555. The number of ether oxygens (including phenoxy) is 1. The van der Waals surface area contributed by atoms with Gasteiger partial charge in [0.25, 0.3) is 5.89 Å². The standard InChI is InChI=1S/C26H24F3N5O2/c27-26(28,29)20-8-3-16(4-9-20)11-13-35-21-10-7-17-14-19(6-5-18(17)15-21)23-32-24(36-33-23)22-2-1-12-34(22)25(30)31/h3-10,14-15,22H,1-2,11-13H2,(H3,30,31)/p+1/t22-/m0/s1. The normalized spacial score (nSPS) is 16.0. The molecule has 1 aliphatic heterocycles. The fraction of sp³-hybridized carbons (Fsp3) is 0.269. The summed E-state index contributed by atoms with van der Waals surface area (Å²) < 4.78 is 51.3. The monoisotopic (exact) mass is 496 g/mol. The molecule has 1 aliphatic rings. The topological polar surface area (TPSA) is 103 Å². The second kappa shape index (κ2) is 9.52. The molecule has 4 N–H and O–H groups in total. The molecule has 1 saturated heterocycles. The first kappa shape index (κ1) is 23.7. The first-order valence-electron chi connectivity index (χ1n) is 11.6. The van der Waals surface area contributed by atoms with Crippen LogP contribution >= 0.6 is 0 Å². The van der Waals surface area contributed by atoms with Crippen molar-refractivity contribution >= 4 is 16.7 Å². The van der Waals surface area contributed by atoms with E-state index in [2.05, 4.69) is 10.1 Å². The Morgan fingerprint density at radius 3 is 2.53 bits per heavy atom. The van der Waals surface area contributed by atoms with Gasteiger partial charge in [-0.15, -0.1) is 0 Å². The maximum atomic E-state index is 12.7. The largest absolute Gasteiger partial charge is 0.493 e. The molecular weight excluding hydrogens is 471 g/mol. The quantitative estimate of drug-likeness (QED) is 0.298. The molecule has 10 heteroatoms. The van der Waals surface area contributed by atoms with Gasteiger partial charge in [-0.1, -0.05) is 35.5 Å². The summed E-state index contributed by atoms with van der Waals surface area (Å²) in [5, 5.41) is 6.10. The second-order valence-corrected chi connectivity index (χ2v) is 8.75. The zero-order valence-corrected chi connectivity index (χ0v) is 19.3. The van der Waals surface area contributed by atoms with Crippen LogP contribution in [0.2, 0.25) is 0 Å². The molecule has 0 unspecified atom stereocenters. The van der Waals surface area contributed by atoms with Gasteiger partial charge < -0.3 is 9.26 Å². The number of benzene rings is 3. The summed E-state index contributed by atoms with van der Waals surface area (Å²) in [6.45, 7) is 1.11. The third-order valence-electron chi connectivity index (χ3n) is 6.32. The maximum absolute atomic E-state index is 12.7. The predicted molar refractivity (Wildman–Crippen MR) is 128 cm³/mol. The van der Waals surface area contributed by atoms with Crippen molar-refractivity contribution in [3.63, 3.8) is 0 Å². The van der Waals surface area contributed by atoms with Gasteiger partial charge in [-0.3, -0.25) is 16.0 Å². The average Bonchev–Trinajstić information content (AvgIpc) is 3.53. The Bertz CT molecular complexity index is 1410. The summed E-state index contributed by atoms with van der Waals surface area (Å²) in [6, 6.07) is 16.6. The highest BCUT2D eigenvalue weighted by Gasteiger charge is 2.32. The van der Waals surface area contributed by atoms with Gasteiger partial charge >= 0.3 is 12.1 Å². The van der Waals surface area contributed by atoms with Crippen LogP contribution in [0.1, 0.15) is 35.9 Å². The van der Waals surface area contributed by atoms with Crippen molar-refractivity contribution in [2.75, 3.05) is 13.2 Å². The minimum absolute atomic E-state index is 0.112. The van der Waals surface area contributed by atoms with E-state index in [0.29, 0.717) is 30.5 Å². The number of nitrogens with two attached hydrogens (primary N) is 2. The molecule has 1 fully saturated rings. The Balaban J connectivity index is 1.25. The zero-order chi connectivity index (χ0) is 25.3. The highest BCUT2D eigenvalue weighted by Crippen LogP contribution is 2.31. The van der Waals surface area contributed by atoms with E-state index < -0.39 is 11.7 Å². The molecule has 2 heterocycles. The Morgan fingerprint density at radius 2 is 1.78 bits per heavy atom. The number of hydrogen-bond acceptors (Lipinski definition) is 4. The minimum atomic E-state index is -4.33. The molecule has 0 radical (unpaired) electrons. The van der Waals surface area contributed by atoms with Crippen molar-refractivity contribution in [2.24, 2.45) is 11.5 Å². The zero-order valence-electron chi connectivity index (χ0n) is 19.3. The number of alkyl halides is 3. The van der Waals surface area contributed by atoms with Crippen molar-refractivity contribution in [1.29, 1.82) is 0 Å². The number of nitrogens with zero attached hydrogens (tertiary/aromatic N) is 3. The van der Waals surface area contributed by atoms with Crippen LogP contribution in [-0.4, -0.2) is 33.8 Å². The summed E-state index contributed by atoms with van der Waals surface area (Å²) >= 11 is 0. The van der Waals surface area contributed by atoms with E-state index in [0.717, 1.165) is 53.4 Å². The van der Waals surface area contributed by atoms with Crippen LogP contribution < -0.4 is 16.2 Å². The van der Waals surface area contributed by atoms with Gasteiger partial charge in [-0.25, -0.2) is 0 Å². The van der Waals surface area contributed by atoms with Crippen molar-refractivity contribution in [3.8, 4) is 17.1 Å². The van der Waals surface area contributed by atoms with Gasteiger partial charge in [0.1, 0.15) is 5.75 Å². The molecule has 0 bridgehead atoms. The molecule has 0 amide bonds. The third-order valence-corrected chi connectivity index (χ3v) is 6.32. The molecule has 36 heavy (non-hydrogen) atoms. The lowest BCUT2D eigenvalue weighted by Gasteiger charge is -2.09. The van der Waals surface area contributed by atoms with E-state index in [1.807, 2.05) is 41.0 Å². The van der Waals surface area contributed by atoms with Crippen LogP contribution in [0.4, 0.5) is 13.2 Å². The van der Waals surface area contributed by atoms with Gasteiger partial charge in [0.05, 0.1) is 18.7 Å². The number of guanidine groups is 1. The summed E-state index contributed by atoms with van der Waals surface area (Å²) in [6.07, 6.45) is -2.04. The van der Waals surface area contributed by atoms with Crippen LogP contribution in [0.3, 0.4) is 0 Å². The molecule has 3 aromatic carbocycles. The van der Waals surface area contributed by atoms with Gasteiger partial charge in [-0.05, 0) is 59.5 Å². The summed E-state index contributed by atoms with van der Waals surface area (Å²) in [4.78, 5) is 4.58. The molecule has 4 aromatic rings. The third kappa shape index (κ3) is 4.98. The fourth-order valence-corrected chi connectivity index (χ4v) is 4.42. The number of hydrogen-bond donors (Lipinski definition) is 2. The summed E-state index contributed by atoms with van der Waals surface area (Å²) in [7, 11) is 0. The maximum Gasteiger partial charge on any atom is 0.416 e. The van der Waals surface area contributed by atoms with E-state index in [4.69, 9.17) is 20.7 Å². The SMILES string of the molecule is NC(N)=[N+]1CCC[C@H]1c1nc(-c2ccc3cc(OCCc4ccc(C(F)(F)F)cc4)ccc3c2)no1. The van der Waals surface area contributed by atoms with Crippen molar-refractivity contribution < 1.29 is 27.0 Å². The van der Waals surface area contributed by atoms with Crippen molar-refractivity contribution in [3.05, 3.63) is 77.7 Å². The van der Waals surface area contributed by atoms with Crippen LogP contribution in [0.5, 0.6) is 5.75 Å². The minimum Gasteiger partial charge on any atom is -0.493 e. The molecule has 0 saturated carbocycles. The number of rotatable bonds is 6. The van der Waals surface area contributed by atoms with E-state index in [-0.39, 0.29) is 12.0 Å². The van der Waals surface area contributed by atoms with Gasteiger partial charge in [-0.2, -0.15) is 18.2 Å². The Hall–Kier alpha value is -4.08. The molecule has 1 atom stereocenters. The lowest BCUT2D eigenvalue weighted by Crippen LogP contribution is -2.35. The van der Waals surface area contributed by atoms with E-state index in [1.54, 1.807) is 0 Å². The van der Waals surface area contributed by atoms with Crippen LogP contribution in [0.15, 0.2) is 65.2 Å². The average molecular weight is 497 g/mol. The molecule has 186 valence electrons. The lowest BCUT2D eigenvalue weighted by atomic mass is 10.1. The van der Waals surface area contributed by atoms with Gasteiger partial charge in [0.2, 0.25) is 5.82 Å². The van der Waals surface area contributed by atoms with Gasteiger partial charge in [0, 0.05) is 12.0 Å². The Morgan fingerprint density at radius 1 is 1.03 bits per heavy atom. The second-order valence-electron chi connectivity index (χ2n) is 8.75. The molecule has 1 aromatic heterocycles. The van der Waals surface area contributed by atoms with Gasteiger partial charge in [0.15, 0.2) is 6.04 Å². The van der Waals surface area contributed by atoms with E-state index in [1.165, 1.54) is 12.1 Å². The number of fused-ring (bicyclic) bond motifs is 1. The van der Waals surface area contributed by atoms with E-state index in [9.17, 15) is 13.2 Å². The van der Waals surface area contributed by atoms with Crippen molar-refractivity contribution in [2.45, 2.75) is 31.5 Å². The molecule has 0 spiro atoms. The van der Waals surface area contributed by atoms with Crippen LogP contribution in [0, 0.1) is 0 Å². The molecule has 5 rings (SSSR count). The molecule has 7 nitrogen and oxygen atoms in total. The Kier molecular flexibility index (Phi) is 6.26. The van der Waals surface area contributed by atoms with E-state index >= 15 is 0 Å². The first-order chi connectivity index (χ1) is 17.3. The van der Waals surface area contributed by atoms with Crippen LogP contribution in [0.25, 0.3) is 22.2 Å². The van der Waals surface area contributed by atoms with Crippen LogP contribution in [-0.2, 0) is 12.6 Å². The first-order valence-corrected chi connectivity index (χ1v) is 11.6. The predicted octanol–water partition coefficient (Wildman–Crippen LogP) is 4.65. The number of aromatic nitrogens is 2. The Labute approximate surface area is 205 Å². The number of halogens is 3. The fourth-order valence-electron chi connectivity index (χ4n) is 4.42. The summed E-state index contributed by atoms with van der Waals surface area (Å²) in [5.41, 5.74) is 12.5. The smallest absolute Gasteiger partial charge is 0.416 e. The highest BCUT2D eigenvalue weighted by atomic mass is 19.4.